The number of amides is 2. The van der Waals surface area contributed by atoms with Gasteiger partial charge in [-0.3, -0.25) is 9.59 Å². The Morgan fingerprint density at radius 2 is 1.53 bits per heavy atom. The molecule has 0 heterocycles. The second kappa shape index (κ2) is 14.3. The molecule has 1 N–H and O–H groups in total. The third kappa shape index (κ3) is 8.76. The van der Waals surface area contributed by atoms with Gasteiger partial charge in [0.15, 0.2) is 0 Å². The third-order valence-corrected chi connectivity index (χ3v) is 6.79. The molecular weight excluding hydrogens is 468 g/mol. The normalized spacial score (nSPS) is 11.7. The predicted octanol–water partition coefficient (Wildman–Crippen LogP) is 5.48. The molecule has 2 amide bonds. The first-order valence-electron chi connectivity index (χ1n) is 12.3. The summed E-state index contributed by atoms with van der Waals surface area (Å²) in [5.74, 6) is 2.10. The van der Waals surface area contributed by atoms with E-state index in [1.165, 1.54) is 5.56 Å². The maximum absolute atomic E-state index is 13.6. The summed E-state index contributed by atoms with van der Waals surface area (Å²) in [6.07, 6.45) is 0.813. The maximum Gasteiger partial charge on any atom is 0.243 e. The second-order valence-electron chi connectivity index (χ2n) is 9.03. The van der Waals surface area contributed by atoms with Crippen LogP contribution in [0.25, 0.3) is 0 Å². The predicted molar refractivity (Wildman–Crippen MR) is 148 cm³/mol. The molecule has 3 aromatic rings. The number of carbonyl (C=O) groups is 2. The van der Waals surface area contributed by atoms with Gasteiger partial charge in [0.05, 0.1) is 7.11 Å². The molecule has 0 unspecified atom stereocenters. The zero-order valence-corrected chi connectivity index (χ0v) is 22.2. The second-order valence-corrected chi connectivity index (χ2v) is 10.1. The van der Waals surface area contributed by atoms with E-state index in [0.717, 1.165) is 22.6 Å². The van der Waals surface area contributed by atoms with E-state index in [1.807, 2.05) is 86.6 Å². The number of hydrogen-bond donors (Lipinski definition) is 1. The van der Waals surface area contributed by atoms with Gasteiger partial charge in [-0.15, -0.1) is 0 Å². The topological polar surface area (TPSA) is 58.6 Å². The van der Waals surface area contributed by atoms with Gasteiger partial charge in [0, 0.05) is 36.9 Å². The van der Waals surface area contributed by atoms with E-state index in [0.29, 0.717) is 25.1 Å². The average Bonchev–Trinajstić information content (AvgIpc) is 2.89. The van der Waals surface area contributed by atoms with Gasteiger partial charge in [-0.05, 0) is 42.7 Å². The van der Waals surface area contributed by atoms with E-state index in [-0.39, 0.29) is 17.9 Å². The highest BCUT2D eigenvalue weighted by molar-refractivity contribution is 7.98. The molecule has 0 spiro atoms. The fourth-order valence-electron chi connectivity index (χ4n) is 3.97. The molecule has 5 nitrogen and oxygen atoms in total. The molecule has 36 heavy (non-hydrogen) atoms. The van der Waals surface area contributed by atoms with Crippen molar-refractivity contribution in [3.05, 3.63) is 102 Å². The number of carbonyl (C=O) groups excluding carboxylic acids is 2. The van der Waals surface area contributed by atoms with Crippen LogP contribution in [0.3, 0.4) is 0 Å². The molecule has 0 aromatic heterocycles. The van der Waals surface area contributed by atoms with Crippen LogP contribution in [0.1, 0.15) is 37.0 Å². The number of nitrogens with zero attached hydrogens (tertiary/aromatic N) is 1. The van der Waals surface area contributed by atoms with Crippen LogP contribution in [-0.4, -0.2) is 41.7 Å². The quantitative estimate of drug-likeness (QED) is 0.313. The molecule has 0 radical (unpaired) electrons. The van der Waals surface area contributed by atoms with Crippen molar-refractivity contribution in [2.75, 3.05) is 12.9 Å². The maximum atomic E-state index is 13.6. The van der Waals surface area contributed by atoms with Crippen LogP contribution in [0, 0.1) is 0 Å². The van der Waals surface area contributed by atoms with Gasteiger partial charge in [-0.25, -0.2) is 0 Å². The lowest BCUT2D eigenvalue weighted by molar-refractivity contribution is -0.141. The molecule has 1 atom stereocenters. The Kier molecular flexibility index (Phi) is 10.9. The Labute approximate surface area is 219 Å². The summed E-state index contributed by atoms with van der Waals surface area (Å²) in [6.45, 7) is 4.21. The number of methoxy groups -OCH3 is 1. The zero-order chi connectivity index (χ0) is 25.8. The molecule has 190 valence electrons. The number of ether oxygens (including phenoxy) is 1. The molecule has 0 bridgehead atoms. The van der Waals surface area contributed by atoms with Gasteiger partial charge in [0.1, 0.15) is 11.8 Å². The summed E-state index contributed by atoms with van der Waals surface area (Å²) in [5, 5.41) is 3.03. The average molecular weight is 505 g/mol. The van der Waals surface area contributed by atoms with Crippen LogP contribution in [-0.2, 0) is 28.3 Å². The summed E-state index contributed by atoms with van der Waals surface area (Å²) < 4.78 is 5.39. The summed E-state index contributed by atoms with van der Waals surface area (Å²) in [4.78, 5) is 28.8. The molecule has 0 fully saturated rings. The summed E-state index contributed by atoms with van der Waals surface area (Å²) in [7, 11) is 1.63. The van der Waals surface area contributed by atoms with Crippen LogP contribution >= 0.6 is 11.8 Å². The Bertz CT molecular complexity index is 1090. The number of rotatable bonds is 13. The molecule has 0 saturated heterocycles. The van der Waals surface area contributed by atoms with Crippen molar-refractivity contribution in [3.63, 3.8) is 0 Å². The van der Waals surface area contributed by atoms with Gasteiger partial charge >= 0.3 is 0 Å². The van der Waals surface area contributed by atoms with E-state index in [9.17, 15) is 9.59 Å². The lowest BCUT2D eigenvalue weighted by atomic mass is 10.0. The standard InChI is InChI=1S/C30H36N2O3S/c1-23(2)31-30(34)28(20-24-11-6-4-7-12-24)32(21-26-15-10-16-27(19-26)35-3)29(33)17-18-36-22-25-13-8-5-9-14-25/h4-16,19,23,28H,17-18,20-22H2,1-3H3,(H,31,34)/t28-/m1/s1. The van der Waals surface area contributed by atoms with Crippen molar-refractivity contribution < 1.29 is 14.3 Å². The van der Waals surface area contributed by atoms with Crippen LogP contribution in [0.5, 0.6) is 5.75 Å². The number of benzene rings is 3. The zero-order valence-electron chi connectivity index (χ0n) is 21.4. The first kappa shape index (κ1) is 27.3. The third-order valence-electron chi connectivity index (χ3n) is 5.76. The van der Waals surface area contributed by atoms with E-state index in [2.05, 4.69) is 17.4 Å². The van der Waals surface area contributed by atoms with Gasteiger partial charge in [0.25, 0.3) is 0 Å². The largest absolute Gasteiger partial charge is 0.497 e. The molecular formula is C30H36N2O3S. The lowest BCUT2D eigenvalue weighted by Gasteiger charge is -2.32. The number of nitrogens with one attached hydrogen (secondary N) is 1. The molecule has 0 aliphatic rings. The smallest absolute Gasteiger partial charge is 0.243 e. The van der Waals surface area contributed by atoms with Crippen molar-refractivity contribution in [2.24, 2.45) is 0 Å². The highest BCUT2D eigenvalue weighted by atomic mass is 32.2. The molecule has 0 aliphatic heterocycles. The minimum atomic E-state index is -0.618. The van der Waals surface area contributed by atoms with E-state index in [1.54, 1.807) is 23.8 Å². The van der Waals surface area contributed by atoms with Gasteiger partial charge in [0.2, 0.25) is 11.8 Å². The Morgan fingerprint density at radius 1 is 0.889 bits per heavy atom. The number of thioether (sulfide) groups is 1. The van der Waals surface area contributed by atoms with Crippen molar-refractivity contribution in [2.45, 2.75) is 51.1 Å². The molecule has 0 saturated carbocycles. The minimum absolute atomic E-state index is 0.0222. The van der Waals surface area contributed by atoms with Crippen LogP contribution < -0.4 is 10.1 Å². The molecule has 0 aliphatic carbocycles. The van der Waals surface area contributed by atoms with Crippen LogP contribution in [0.15, 0.2) is 84.9 Å². The minimum Gasteiger partial charge on any atom is -0.497 e. The van der Waals surface area contributed by atoms with Gasteiger partial charge in [-0.1, -0.05) is 72.8 Å². The van der Waals surface area contributed by atoms with Gasteiger partial charge < -0.3 is 15.0 Å². The number of hydrogen-bond acceptors (Lipinski definition) is 4. The highest BCUT2D eigenvalue weighted by Crippen LogP contribution is 2.20. The summed E-state index contributed by atoms with van der Waals surface area (Å²) >= 11 is 1.73. The fourth-order valence-corrected chi connectivity index (χ4v) is 4.86. The fraction of sp³-hybridized carbons (Fsp3) is 0.333. The molecule has 6 heteroatoms. The summed E-state index contributed by atoms with van der Waals surface area (Å²) in [6, 6.07) is 27.1. The first-order chi connectivity index (χ1) is 17.5. The van der Waals surface area contributed by atoms with Crippen LogP contribution in [0.2, 0.25) is 0 Å². The Balaban J connectivity index is 1.81. The monoisotopic (exact) mass is 504 g/mol. The van der Waals surface area contributed by atoms with Gasteiger partial charge in [-0.2, -0.15) is 11.8 Å². The van der Waals surface area contributed by atoms with Crippen molar-refractivity contribution in [1.29, 1.82) is 0 Å². The van der Waals surface area contributed by atoms with Crippen molar-refractivity contribution in [3.8, 4) is 5.75 Å². The van der Waals surface area contributed by atoms with Crippen LogP contribution in [0.4, 0.5) is 0 Å². The van der Waals surface area contributed by atoms with Crippen molar-refractivity contribution >= 4 is 23.6 Å². The van der Waals surface area contributed by atoms with Crippen molar-refractivity contribution in [1.82, 2.24) is 10.2 Å². The first-order valence-corrected chi connectivity index (χ1v) is 13.5. The summed E-state index contributed by atoms with van der Waals surface area (Å²) in [5.41, 5.74) is 3.18. The Hall–Kier alpha value is -3.25. The van der Waals surface area contributed by atoms with E-state index >= 15 is 0 Å². The van der Waals surface area contributed by atoms with E-state index < -0.39 is 6.04 Å². The lowest BCUT2D eigenvalue weighted by Crippen LogP contribution is -2.51. The SMILES string of the molecule is COc1cccc(CN(C(=O)CCSCc2ccccc2)[C@H](Cc2ccccc2)C(=O)NC(C)C)c1. The molecule has 3 rings (SSSR count). The Morgan fingerprint density at radius 3 is 2.17 bits per heavy atom. The molecule has 3 aromatic carbocycles. The van der Waals surface area contributed by atoms with E-state index in [4.69, 9.17) is 4.74 Å². The highest BCUT2D eigenvalue weighted by Gasteiger charge is 2.30.